The third-order valence-corrected chi connectivity index (χ3v) is 2.74. The van der Waals surface area contributed by atoms with E-state index in [1.165, 1.54) is 22.2 Å². The Bertz CT molecular complexity index is 437. The summed E-state index contributed by atoms with van der Waals surface area (Å²) in [7, 11) is 0. The highest BCUT2D eigenvalue weighted by atomic mass is 14.7. The first-order valence-corrected chi connectivity index (χ1v) is 5.32. The van der Waals surface area contributed by atoms with Crippen molar-refractivity contribution in [2.24, 2.45) is 0 Å². The van der Waals surface area contributed by atoms with Crippen molar-refractivity contribution in [3.63, 3.8) is 0 Å². The predicted octanol–water partition coefficient (Wildman–Crippen LogP) is 3.85. The molecule has 1 heteroatoms. The summed E-state index contributed by atoms with van der Waals surface area (Å²) >= 11 is 0. The molecular formula is C13H17N. The maximum absolute atomic E-state index is 3.47. The number of aryl methyl sites for hydroxylation is 1. The minimum atomic E-state index is 0.576. The molecule has 14 heavy (non-hydrogen) atoms. The first kappa shape index (κ1) is 9.32. The molecule has 0 radical (unpaired) electrons. The summed E-state index contributed by atoms with van der Waals surface area (Å²) in [6.07, 6.45) is 1.10. The van der Waals surface area contributed by atoms with E-state index in [9.17, 15) is 0 Å². The van der Waals surface area contributed by atoms with Gasteiger partial charge >= 0.3 is 0 Å². The van der Waals surface area contributed by atoms with E-state index in [-0.39, 0.29) is 0 Å². The summed E-state index contributed by atoms with van der Waals surface area (Å²) in [6.45, 7) is 6.62. The molecule has 0 aliphatic rings. The van der Waals surface area contributed by atoms with Crippen LogP contribution < -0.4 is 0 Å². The van der Waals surface area contributed by atoms with Crippen molar-refractivity contribution in [1.29, 1.82) is 0 Å². The van der Waals surface area contributed by atoms with Gasteiger partial charge in [0.25, 0.3) is 0 Å². The Hall–Kier alpha value is -1.24. The van der Waals surface area contributed by atoms with Gasteiger partial charge in [-0.3, -0.25) is 0 Å². The summed E-state index contributed by atoms with van der Waals surface area (Å²) in [6, 6.07) is 8.91. The monoisotopic (exact) mass is 187 g/mol. The summed E-state index contributed by atoms with van der Waals surface area (Å²) < 4.78 is 0. The van der Waals surface area contributed by atoms with Crippen LogP contribution in [0.5, 0.6) is 0 Å². The van der Waals surface area contributed by atoms with Crippen molar-refractivity contribution in [3.8, 4) is 0 Å². The van der Waals surface area contributed by atoms with Crippen LogP contribution in [0.2, 0.25) is 0 Å². The minimum absolute atomic E-state index is 0.576. The second-order valence-electron chi connectivity index (χ2n) is 4.15. The van der Waals surface area contributed by atoms with E-state index in [0.29, 0.717) is 5.92 Å². The molecule has 1 N–H and O–H groups in total. The van der Waals surface area contributed by atoms with Crippen LogP contribution in [0.4, 0.5) is 0 Å². The molecule has 1 heterocycles. The lowest BCUT2D eigenvalue weighted by molar-refractivity contribution is 0.836. The smallest absolute Gasteiger partial charge is 0.0458 e. The Kier molecular flexibility index (Phi) is 2.32. The highest BCUT2D eigenvalue weighted by Crippen LogP contribution is 2.21. The molecule has 0 unspecified atom stereocenters. The topological polar surface area (TPSA) is 15.8 Å². The molecule has 2 aromatic rings. The third kappa shape index (κ3) is 1.54. The zero-order valence-corrected chi connectivity index (χ0v) is 9.09. The van der Waals surface area contributed by atoms with E-state index in [2.05, 4.69) is 50.0 Å². The fourth-order valence-electron chi connectivity index (χ4n) is 1.73. The quantitative estimate of drug-likeness (QED) is 0.735. The summed E-state index contributed by atoms with van der Waals surface area (Å²) in [5.74, 6) is 0.576. The summed E-state index contributed by atoms with van der Waals surface area (Å²) in [4.78, 5) is 3.47. The number of hydrogen-bond donors (Lipinski definition) is 1. The molecule has 0 bridgehead atoms. The largest absolute Gasteiger partial charge is 0.358 e. The van der Waals surface area contributed by atoms with Gasteiger partial charge in [0.15, 0.2) is 0 Å². The van der Waals surface area contributed by atoms with E-state index in [4.69, 9.17) is 0 Å². The number of H-pyrrole nitrogens is 1. The molecule has 1 aromatic carbocycles. The Morgan fingerprint density at radius 1 is 1.21 bits per heavy atom. The molecule has 2 rings (SSSR count). The first-order chi connectivity index (χ1) is 6.70. The average molecular weight is 187 g/mol. The second-order valence-corrected chi connectivity index (χ2v) is 4.15. The number of hydrogen-bond acceptors (Lipinski definition) is 0. The Morgan fingerprint density at radius 2 is 2.00 bits per heavy atom. The molecule has 0 fully saturated rings. The van der Waals surface area contributed by atoms with E-state index in [0.717, 1.165) is 6.42 Å². The van der Waals surface area contributed by atoms with Gasteiger partial charge in [-0.05, 0) is 35.4 Å². The molecular weight excluding hydrogens is 170 g/mol. The number of fused-ring (bicyclic) bond motifs is 1. The molecule has 74 valence electrons. The van der Waals surface area contributed by atoms with Crippen molar-refractivity contribution >= 4 is 10.9 Å². The average Bonchev–Trinajstić information content (AvgIpc) is 2.59. The Morgan fingerprint density at radius 3 is 2.64 bits per heavy atom. The number of aromatic amines is 1. The van der Waals surface area contributed by atoms with Crippen LogP contribution in [-0.4, -0.2) is 4.98 Å². The molecule has 0 saturated heterocycles. The van der Waals surface area contributed by atoms with Gasteiger partial charge in [-0.1, -0.05) is 32.9 Å². The number of benzene rings is 1. The van der Waals surface area contributed by atoms with Gasteiger partial charge in [-0.2, -0.15) is 0 Å². The van der Waals surface area contributed by atoms with Gasteiger partial charge in [-0.15, -0.1) is 0 Å². The lowest BCUT2D eigenvalue weighted by Crippen LogP contribution is -1.84. The van der Waals surface area contributed by atoms with E-state index >= 15 is 0 Å². The van der Waals surface area contributed by atoms with Crippen LogP contribution in [0, 0.1) is 0 Å². The van der Waals surface area contributed by atoms with Crippen LogP contribution in [0.3, 0.4) is 0 Å². The van der Waals surface area contributed by atoms with Gasteiger partial charge in [0.05, 0.1) is 0 Å². The SMILES string of the molecule is CCc1ccc2cc(C(C)C)[nH]c2c1. The van der Waals surface area contributed by atoms with Crippen LogP contribution in [0.1, 0.15) is 37.9 Å². The van der Waals surface area contributed by atoms with Gasteiger partial charge in [-0.25, -0.2) is 0 Å². The molecule has 1 nitrogen and oxygen atoms in total. The number of aromatic nitrogens is 1. The molecule has 0 spiro atoms. The van der Waals surface area contributed by atoms with Crippen LogP contribution in [0.15, 0.2) is 24.3 Å². The van der Waals surface area contributed by atoms with Crippen LogP contribution in [-0.2, 0) is 6.42 Å². The Labute approximate surface area is 85.1 Å². The molecule has 0 atom stereocenters. The number of nitrogens with one attached hydrogen (secondary N) is 1. The van der Waals surface area contributed by atoms with Crippen LogP contribution in [0.25, 0.3) is 10.9 Å². The minimum Gasteiger partial charge on any atom is -0.358 e. The molecule has 0 amide bonds. The lowest BCUT2D eigenvalue weighted by atomic mass is 10.1. The van der Waals surface area contributed by atoms with Gasteiger partial charge in [0, 0.05) is 11.2 Å². The third-order valence-electron chi connectivity index (χ3n) is 2.74. The second kappa shape index (κ2) is 3.49. The van der Waals surface area contributed by atoms with Gasteiger partial charge in [0.1, 0.15) is 0 Å². The molecule has 0 aliphatic carbocycles. The maximum Gasteiger partial charge on any atom is 0.0458 e. The van der Waals surface area contributed by atoms with Crippen molar-refractivity contribution in [1.82, 2.24) is 4.98 Å². The summed E-state index contributed by atoms with van der Waals surface area (Å²) in [5, 5.41) is 1.32. The normalized spacial score (nSPS) is 11.4. The van der Waals surface area contributed by atoms with Crippen LogP contribution >= 0.6 is 0 Å². The Balaban J connectivity index is 2.54. The van der Waals surface area contributed by atoms with E-state index in [1.807, 2.05) is 0 Å². The van der Waals surface area contributed by atoms with Crippen molar-refractivity contribution in [3.05, 3.63) is 35.5 Å². The molecule has 0 aliphatic heterocycles. The van der Waals surface area contributed by atoms with Gasteiger partial charge < -0.3 is 4.98 Å². The van der Waals surface area contributed by atoms with Crippen molar-refractivity contribution in [2.45, 2.75) is 33.1 Å². The van der Waals surface area contributed by atoms with Gasteiger partial charge in [0.2, 0.25) is 0 Å². The number of rotatable bonds is 2. The zero-order valence-electron chi connectivity index (χ0n) is 9.09. The molecule has 1 aromatic heterocycles. The first-order valence-electron chi connectivity index (χ1n) is 5.32. The standard InChI is InChI=1S/C13H17N/c1-4-10-5-6-11-8-12(9(2)3)14-13(11)7-10/h5-9,14H,4H2,1-3H3. The van der Waals surface area contributed by atoms with Crippen molar-refractivity contribution in [2.75, 3.05) is 0 Å². The zero-order chi connectivity index (χ0) is 10.1. The van der Waals surface area contributed by atoms with E-state index in [1.54, 1.807) is 0 Å². The summed E-state index contributed by atoms with van der Waals surface area (Å²) in [5.41, 5.74) is 4.00. The molecule has 0 saturated carbocycles. The highest BCUT2D eigenvalue weighted by molar-refractivity contribution is 5.81. The highest BCUT2D eigenvalue weighted by Gasteiger charge is 2.04. The van der Waals surface area contributed by atoms with Crippen molar-refractivity contribution < 1.29 is 0 Å². The lowest BCUT2D eigenvalue weighted by Gasteiger charge is -1.98. The van der Waals surface area contributed by atoms with E-state index < -0.39 is 0 Å². The fraction of sp³-hybridized carbons (Fsp3) is 0.385. The fourth-order valence-corrected chi connectivity index (χ4v) is 1.73. The predicted molar refractivity (Wildman–Crippen MR) is 61.8 cm³/mol. The maximum atomic E-state index is 3.47.